The summed E-state index contributed by atoms with van der Waals surface area (Å²) >= 11 is 0. The van der Waals surface area contributed by atoms with E-state index in [0.29, 0.717) is 24.2 Å². The Bertz CT molecular complexity index is 1020. The molecule has 2 aromatic rings. The van der Waals surface area contributed by atoms with Crippen molar-refractivity contribution in [3.63, 3.8) is 0 Å². The number of anilines is 1. The van der Waals surface area contributed by atoms with Gasteiger partial charge in [0.05, 0.1) is 5.69 Å². The van der Waals surface area contributed by atoms with E-state index in [1.165, 1.54) is 4.90 Å². The first-order chi connectivity index (χ1) is 13.4. The number of primary amides is 1. The van der Waals surface area contributed by atoms with Gasteiger partial charge in [-0.25, -0.2) is 4.79 Å². The first kappa shape index (κ1) is 17.7. The molecule has 2 aliphatic heterocycles. The molecule has 1 unspecified atom stereocenters. The van der Waals surface area contributed by atoms with Gasteiger partial charge in [-0.1, -0.05) is 24.3 Å². The molecule has 8 nitrogen and oxygen atoms in total. The Morgan fingerprint density at radius 3 is 2.64 bits per heavy atom. The van der Waals surface area contributed by atoms with Crippen LogP contribution in [0.4, 0.5) is 10.5 Å². The van der Waals surface area contributed by atoms with Gasteiger partial charge in [-0.3, -0.25) is 19.7 Å². The van der Waals surface area contributed by atoms with Gasteiger partial charge in [-0.15, -0.1) is 0 Å². The van der Waals surface area contributed by atoms with E-state index >= 15 is 0 Å². The van der Waals surface area contributed by atoms with Gasteiger partial charge in [0.1, 0.15) is 6.04 Å². The molecule has 28 heavy (non-hydrogen) atoms. The molecule has 4 N–H and O–H groups in total. The lowest BCUT2D eigenvalue weighted by atomic mass is 9.99. The number of para-hydroxylation sites is 1. The highest BCUT2D eigenvalue weighted by molar-refractivity contribution is 6.05. The van der Waals surface area contributed by atoms with Crippen LogP contribution in [0.25, 0.3) is 11.1 Å². The molecule has 0 aliphatic carbocycles. The lowest BCUT2D eigenvalue weighted by molar-refractivity contribution is -0.136. The molecule has 0 aromatic heterocycles. The second-order valence-electron chi connectivity index (χ2n) is 6.81. The molecule has 1 fully saturated rings. The number of piperidine rings is 1. The SMILES string of the molecule is NC(=O)Nc1ccccc1-c1ccc2c(c1)CN(C1CCC(=O)NC1=O)C2=O. The quantitative estimate of drug-likeness (QED) is 0.702. The lowest BCUT2D eigenvalue weighted by Gasteiger charge is -2.29. The van der Waals surface area contributed by atoms with Crippen LogP contribution in [0.5, 0.6) is 0 Å². The van der Waals surface area contributed by atoms with Crippen molar-refractivity contribution >= 4 is 29.4 Å². The summed E-state index contributed by atoms with van der Waals surface area (Å²) in [7, 11) is 0. The van der Waals surface area contributed by atoms with Gasteiger partial charge in [-0.05, 0) is 35.7 Å². The zero-order valence-corrected chi connectivity index (χ0v) is 14.9. The molecular formula is C20H18N4O4. The summed E-state index contributed by atoms with van der Waals surface area (Å²) in [6, 6.07) is 11.3. The van der Waals surface area contributed by atoms with E-state index in [1.54, 1.807) is 24.3 Å². The minimum absolute atomic E-state index is 0.216. The normalized spacial score (nSPS) is 18.6. The van der Waals surface area contributed by atoms with E-state index in [1.807, 2.05) is 18.2 Å². The van der Waals surface area contributed by atoms with Crippen LogP contribution >= 0.6 is 0 Å². The molecule has 1 atom stereocenters. The average molecular weight is 378 g/mol. The van der Waals surface area contributed by atoms with Crippen molar-refractivity contribution in [2.45, 2.75) is 25.4 Å². The van der Waals surface area contributed by atoms with E-state index in [9.17, 15) is 19.2 Å². The zero-order valence-electron chi connectivity index (χ0n) is 14.9. The lowest BCUT2D eigenvalue weighted by Crippen LogP contribution is -2.52. The number of benzene rings is 2. The van der Waals surface area contributed by atoms with E-state index < -0.39 is 18.0 Å². The summed E-state index contributed by atoms with van der Waals surface area (Å²) in [5.74, 6) is -0.973. The summed E-state index contributed by atoms with van der Waals surface area (Å²) in [6.45, 7) is 0.291. The second kappa shape index (κ2) is 6.80. The largest absolute Gasteiger partial charge is 0.351 e. The third-order valence-corrected chi connectivity index (χ3v) is 5.02. The van der Waals surface area contributed by atoms with Crippen LogP contribution in [0.3, 0.4) is 0 Å². The van der Waals surface area contributed by atoms with Crippen molar-refractivity contribution in [3.8, 4) is 11.1 Å². The van der Waals surface area contributed by atoms with Crippen molar-refractivity contribution in [1.29, 1.82) is 0 Å². The summed E-state index contributed by atoms with van der Waals surface area (Å²) in [6.07, 6.45) is 0.538. The summed E-state index contributed by atoms with van der Waals surface area (Å²) in [5.41, 5.74) is 8.73. The van der Waals surface area contributed by atoms with Crippen LogP contribution in [0.15, 0.2) is 42.5 Å². The van der Waals surface area contributed by atoms with Crippen molar-refractivity contribution < 1.29 is 19.2 Å². The van der Waals surface area contributed by atoms with Gasteiger partial charge in [0.15, 0.2) is 0 Å². The monoisotopic (exact) mass is 378 g/mol. The standard InChI is InChI=1S/C20H18N4O4/c21-20(28)22-15-4-2-1-3-13(15)11-5-6-14-12(9-11)10-24(19(14)27)16-7-8-17(25)23-18(16)26/h1-6,9,16H,7-8,10H2,(H3,21,22,28)(H,23,25,26). The Kier molecular flexibility index (Phi) is 4.31. The highest BCUT2D eigenvalue weighted by Gasteiger charge is 2.39. The first-order valence-corrected chi connectivity index (χ1v) is 8.87. The summed E-state index contributed by atoms with van der Waals surface area (Å²) < 4.78 is 0. The van der Waals surface area contributed by atoms with Crippen LogP contribution in [0, 0.1) is 0 Å². The van der Waals surface area contributed by atoms with Crippen LogP contribution in [0.1, 0.15) is 28.8 Å². The van der Waals surface area contributed by atoms with Gasteiger partial charge < -0.3 is 16.0 Å². The number of nitrogens with two attached hydrogens (primary N) is 1. The molecule has 142 valence electrons. The van der Waals surface area contributed by atoms with Crippen molar-refractivity contribution in [2.24, 2.45) is 5.73 Å². The fourth-order valence-corrected chi connectivity index (χ4v) is 3.72. The predicted octanol–water partition coefficient (Wildman–Crippen LogP) is 1.61. The number of hydrogen-bond donors (Lipinski definition) is 3. The molecule has 2 heterocycles. The molecule has 0 bridgehead atoms. The highest BCUT2D eigenvalue weighted by atomic mass is 16.2. The molecule has 0 saturated carbocycles. The maximum Gasteiger partial charge on any atom is 0.316 e. The molecule has 8 heteroatoms. The topological polar surface area (TPSA) is 122 Å². The van der Waals surface area contributed by atoms with E-state index in [-0.39, 0.29) is 18.2 Å². The van der Waals surface area contributed by atoms with Crippen molar-refractivity contribution in [2.75, 3.05) is 5.32 Å². The predicted molar refractivity (Wildman–Crippen MR) is 101 cm³/mol. The number of amides is 5. The smallest absolute Gasteiger partial charge is 0.316 e. The van der Waals surface area contributed by atoms with E-state index in [4.69, 9.17) is 5.73 Å². The van der Waals surface area contributed by atoms with Crippen LogP contribution < -0.4 is 16.4 Å². The maximum atomic E-state index is 12.8. The third kappa shape index (κ3) is 3.09. The molecule has 0 radical (unpaired) electrons. The average Bonchev–Trinajstić information content (AvgIpc) is 2.97. The number of imide groups is 1. The molecule has 2 aromatic carbocycles. The number of nitrogens with one attached hydrogen (secondary N) is 2. The number of hydrogen-bond acceptors (Lipinski definition) is 4. The first-order valence-electron chi connectivity index (χ1n) is 8.87. The second-order valence-corrected chi connectivity index (χ2v) is 6.81. The Balaban J connectivity index is 1.64. The van der Waals surface area contributed by atoms with Crippen LogP contribution in [-0.2, 0) is 16.1 Å². The van der Waals surface area contributed by atoms with Gasteiger partial charge in [0, 0.05) is 24.1 Å². The van der Waals surface area contributed by atoms with Crippen molar-refractivity contribution in [3.05, 3.63) is 53.6 Å². The number of nitrogens with zero attached hydrogens (tertiary/aromatic N) is 1. The molecule has 5 amide bonds. The number of carbonyl (C=O) groups is 4. The highest BCUT2D eigenvalue weighted by Crippen LogP contribution is 2.33. The van der Waals surface area contributed by atoms with E-state index in [0.717, 1.165) is 16.7 Å². The molecule has 4 rings (SSSR count). The number of urea groups is 1. The van der Waals surface area contributed by atoms with Crippen LogP contribution in [0.2, 0.25) is 0 Å². The van der Waals surface area contributed by atoms with Crippen molar-refractivity contribution in [1.82, 2.24) is 10.2 Å². The Morgan fingerprint density at radius 1 is 1.11 bits per heavy atom. The maximum absolute atomic E-state index is 12.8. The number of carbonyl (C=O) groups excluding carboxylic acids is 4. The minimum atomic E-state index is -0.659. The van der Waals surface area contributed by atoms with Crippen LogP contribution in [-0.4, -0.2) is 34.7 Å². The van der Waals surface area contributed by atoms with Gasteiger partial charge in [0.25, 0.3) is 5.91 Å². The molecule has 1 saturated heterocycles. The fourth-order valence-electron chi connectivity index (χ4n) is 3.72. The minimum Gasteiger partial charge on any atom is -0.351 e. The molecule has 0 spiro atoms. The fraction of sp³-hybridized carbons (Fsp3) is 0.200. The molecule has 2 aliphatic rings. The van der Waals surface area contributed by atoms with Gasteiger partial charge in [0.2, 0.25) is 11.8 Å². The van der Waals surface area contributed by atoms with E-state index in [2.05, 4.69) is 10.6 Å². The van der Waals surface area contributed by atoms with Gasteiger partial charge in [-0.2, -0.15) is 0 Å². The molecular weight excluding hydrogens is 360 g/mol. The Hall–Kier alpha value is -3.68. The Labute approximate surface area is 160 Å². The third-order valence-electron chi connectivity index (χ3n) is 5.02. The zero-order chi connectivity index (χ0) is 19.8. The summed E-state index contributed by atoms with van der Waals surface area (Å²) in [4.78, 5) is 49.0. The Morgan fingerprint density at radius 2 is 1.89 bits per heavy atom. The number of fused-ring (bicyclic) bond motifs is 1. The number of rotatable bonds is 3. The summed E-state index contributed by atoms with van der Waals surface area (Å²) in [5, 5.41) is 4.89. The van der Waals surface area contributed by atoms with Gasteiger partial charge >= 0.3 is 6.03 Å².